The molecule has 0 fully saturated rings. The Hall–Kier alpha value is -0.530. The predicted octanol–water partition coefficient (Wildman–Crippen LogP) is 2.38. The van der Waals surface area contributed by atoms with Crippen LogP contribution in [0.1, 0.15) is 39.5 Å². The third-order valence-electron chi connectivity index (χ3n) is 1.98. The van der Waals surface area contributed by atoms with Crippen LogP contribution in [0.25, 0.3) is 0 Å². The molecule has 0 aliphatic carbocycles. The zero-order chi connectivity index (χ0) is 8.10. The van der Waals surface area contributed by atoms with E-state index in [1.165, 1.54) is 12.8 Å². The molecule has 0 amide bonds. The summed E-state index contributed by atoms with van der Waals surface area (Å²) < 4.78 is 5.41. The van der Waals surface area contributed by atoms with Gasteiger partial charge in [-0.2, -0.15) is 0 Å². The molecule has 0 saturated heterocycles. The Labute approximate surface area is 68.7 Å². The van der Waals surface area contributed by atoms with Crippen molar-refractivity contribution in [2.24, 2.45) is 4.99 Å². The quantitative estimate of drug-likeness (QED) is 0.610. The highest BCUT2D eigenvalue weighted by Crippen LogP contribution is 2.11. The van der Waals surface area contributed by atoms with Gasteiger partial charge in [0, 0.05) is 6.42 Å². The highest BCUT2D eigenvalue weighted by Gasteiger charge is 2.15. The summed E-state index contributed by atoms with van der Waals surface area (Å²) in [5.74, 6) is 0.985. The Morgan fingerprint density at radius 1 is 1.55 bits per heavy atom. The lowest BCUT2D eigenvalue weighted by atomic mass is 10.2. The summed E-state index contributed by atoms with van der Waals surface area (Å²) in [6, 6.07) is 0.446. The summed E-state index contributed by atoms with van der Waals surface area (Å²) in [5.41, 5.74) is 0. The maximum atomic E-state index is 5.41. The van der Waals surface area contributed by atoms with Gasteiger partial charge in [-0.3, -0.25) is 0 Å². The first-order valence-corrected chi connectivity index (χ1v) is 4.56. The third kappa shape index (κ3) is 2.52. The van der Waals surface area contributed by atoms with Crippen LogP contribution in [0.4, 0.5) is 0 Å². The molecule has 2 nitrogen and oxygen atoms in total. The fourth-order valence-electron chi connectivity index (χ4n) is 1.14. The Bertz CT molecular complexity index is 142. The summed E-state index contributed by atoms with van der Waals surface area (Å²) >= 11 is 0. The van der Waals surface area contributed by atoms with Crippen LogP contribution in [0.5, 0.6) is 0 Å². The highest BCUT2D eigenvalue weighted by molar-refractivity contribution is 5.77. The molecule has 2 heteroatoms. The van der Waals surface area contributed by atoms with Crippen LogP contribution in [0.2, 0.25) is 0 Å². The topological polar surface area (TPSA) is 21.6 Å². The largest absolute Gasteiger partial charge is 0.479 e. The summed E-state index contributed by atoms with van der Waals surface area (Å²) in [6.45, 7) is 5.16. The molecule has 1 heterocycles. The van der Waals surface area contributed by atoms with E-state index in [9.17, 15) is 0 Å². The number of hydrogen-bond donors (Lipinski definition) is 0. The van der Waals surface area contributed by atoms with E-state index in [0.717, 1.165) is 25.3 Å². The molecule has 0 radical (unpaired) electrons. The fourth-order valence-corrected chi connectivity index (χ4v) is 1.14. The van der Waals surface area contributed by atoms with Crippen LogP contribution < -0.4 is 0 Å². The number of rotatable bonds is 4. The molecular formula is C9H17NO. The second kappa shape index (κ2) is 4.37. The van der Waals surface area contributed by atoms with Crippen molar-refractivity contribution in [1.82, 2.24) is 0 Å². The average Bonchev–Trinajstić information content (AvgIpc) is 2.48. The van der Waals surface area contributed by atoms with Crippen LogP contribution in [0, 0.1) is 0 Å². The second-order valence-electron chi connectivity index (χ2n) is 3.00. The Morgan fingerprint density at radius 2 is 2.36 bits per heavy atom. The Morgan fingerprint density at radius 3 is 2.91 bits per heavy atom. The van der Waals surface area contributed by atoms with Crippen molar-refractivity contribution in [2.45, 2.75) is 45.6 Å². The first-order valence-electron chi connectivity index (χ1n) is 4.56. The van der Waals surface area contributed by atoms with Gasteiger partial charge in [0.25, 0.3) is 0 Å². The van der Waals surface area contributed by atoms with Crippen molar-refractivity contribution in [3.63, 3.8) is 0 Å². The zero-order valence-corrected chi connectivity index (χ0v) is 7.47. The van der Waals surface area contributed by atoms with Crippen molar-refractivity contribution in [2.75, 3.05) is 6.61 Å². The summed E-state index contributed by atoms with van der Waals surface area (Å²) in [6.07, 6.45) is 4.57. The average molecular weight is 155 g/mol. The molecule has 0 N–H and O–H groups in total. The minimum atomic E-state index is 0.446. The lowest BCUT2D eigenvalue weighted by Gasteiger charge is -1.98. The van der Waals surface area contributed by atoms with E-state index in [4.69, 9.17) is 4.74 Å². The first-order chi connectivity index (χ1) is 5.36. The number of ether oxygens (including phenoxy) is 1. The van der Waals surface area contributed by atoms with Gasteiger partial charge in [0.15, 0.2) is 5.90 Å². The van der Waals surface area contributed by atoms with Crippen LogP contribution in [0.15, 0.2) is 4.99 Å². The molecule has 0 saturated carbocycles. The maximum absolute atomic E-state index is 5.41. The summed E-state index contributed by atoms with van der Waals surface area (Å²) in [5, 5.41) is 0. The van der Waals surface area contributed by atoms with E-state index in [2.05, 4.69) is 18.8 Å². The van der Waals surface area contributed by atoms with Gasteiger partial charge in [0.05, 0.1) is 6.04 Å². The third-order valence-corrected chi connectivity index (χ3v) is 1.98. The Balaban J connectivity index is 2.24. The van der Waals surface area contributed by atoms with E-state index >= 15 is 0 Å². The molecule has 0 bridgehead atoms. The molecule has 64 valence electrons. The van der Waals surface area contributed by atoms with Gasteiger partial charge in [-0.1, -0.05) is 20.3 Å². The first kappa shape index (κ1) is 8.57. The molecule has 1 aliphatic heterocycles. The minimum Gasteiger partial charge on any atom is -0.479 e. The molecule has 0 aromatic rings. The standard InChI is InChI=1S/C9H17NO/c1-3-5-6-9-10-8(4-2)7-11-9/h8H,3-7H2,1-2H3. The molecule has 0 aromatic carbocycles. The van der Waals surface area contributed by atoms with Gasteiger partial charge in [-0.25, -0.2) is 4.99 Å². The van der Waals surface area contributed by atoms with Gasteiger partial charge < -0.3 is 4.74 Å². The molecule has 1 atom stereocenters. The van der Waals surface area contributed by atoms with Crippen molar-refractivity contribution in [1.29, 1.82) is 0 Å². The van der Waals surface area contributed by atoms with Crippen LogP contribution in [0.3, 0.4) is 0 Å². The molecule has 1 rings (SSSR count). The van der Waals surface area contributed by atoms with Crippen LogP contribution >= 0.6 is 0 Å². The smallest absolute Gasteiger partial charge is 0.183 e. The number of hydrogen-bond acceptors (Lipinski definition) is 2. The van der Waals surface area contributed by atoms with Crippen molar-refractivity contribution >= 4 is 5.90 Å². The maximum Gasteiger partial charge on any atom is 0.183 e. The molecule has 0 aromatic heterocycles. The lowest BCUT2D eigenvalue weighted by Crippen LogP contribution is -2.03. The van der Waals surface area contributed by atoms with E-state index in [-0.39, 0.29) is 0 Å². The molecule has 0 spiro atoms. The monoisotopic (exact) mass is 155 g/mol. The SMILES string of the molecule is CCCCC1=NC(CC)CO1. The summed E-state index contributed by atoms with van der Waals surface area (Å²) in [4.78, 5) is 4.44. The fraction of sp³-hybridized carbons (Fsp3) is 0.889. The molecule has 1 aliphatic rings. The van der Waals surface area contributed by atoms with Crippen LogP contribution in [-0.4, -0.2) is 18.5 Å². The molecule has 1 unspecified atom stereocenters. The predicted molar refractivity (Wildman–Crippen MR) is 47.0 cm³/mol. The van der Waals surface area contributed by atoms with Gasteiger partial charge in [0.1, 0.15) is 6.61 Å². The minimum absolute atomic E-state index is 0.446. The molecular weight excluding hydrogens is 138 g/mol. The summed E-state index contributed by atoms with van der Waals surface area (Å²) in [7, 11) is 0. The van der Waals surface area contributed by atoms with Gasteiger partial charge in [0.2, 0.25) is 0 Å². The van der Waals surface area contributed by atoms with E-state index in [1.807, 2.05) is 0 Å². The molecule has 11 heavy (non-hydrogen) atoms. The van der Waals surface area contributed by atoms with E-state index < -0.39 is 0 Å². The van der Waals surface area contributed by atoms with E-state index in [0.29, 0.717) is 6.04 Å². The van der Waals surface area contributed by atoms with Crippen molar-refractivity contribution in [3.8, 4) is 0 Å². The zero-order valence-electron chi connectivity index (χ0n) is 7.47. The lowest BCUT2D eigenvalue weighted by molar-refractivity contribution is 0.306. The number of nitrogens with zero attached hydrogens (tertiary/aromatic N) is 1. The Kier molecular flexibility index (Phi) is 3.40. The normalized spacial score (nSPS) is 23.1. The van der Waals surface area contributed by atoms with Gasteiger partial charge in [-0.05, 0) is 12.8 Å². The van der Waals surface area contributed by atoms with Crippen molar-refractivity contribution in [3.05, 3.63) is 0 Å². The second-order valence-corrected chi connectivity index (χ2v) is 3.00. The van der Waals surface area contributed by atoms with E-state index in [1.54, 1.807) is 0 Å². The van der Waals surface area contributed by atoms with Crippen LogP contribution in [-0.2, 0) is 4.74 Å². The van der Waals surface area contributed by atoms with Gasteiger partial charge in [-0.15, -0.1) is 0 Å². The highest BCUT2D eigenvalue weighted by atomic mass is 16.5. The van der Waals surface area contributed by atoms with Crippen molar-refractivity contribution < 1.29 is 4.74 Å². The van der Waals surface area contributed by atoms with Gasteiger partial charge >= 0.3 is 0 Å². The number of aliphatic imine (C=N–C) groups is 1. The number of unbranched alkanes of at least 4 members (excludes halogenated alkanes) is 1.